The number of hydrogen-bond donors (Lipinski definition) is 1. The van der Waals surface area contributed by atoms with Gasteiger partial charge in [-0.2, -0.15) is 0 Å². The fraction of sp³-hybridized carbons (Fsp3) is 0.190. The van der Waals surface area contributed by atoms with E-state index in [0.29, 0.717) is 6.04 Å². The van der Waals surface area contributed by atoms with E-state index in [0.717, 1.165) is 41.3 Å². The summed E-state index contributed by atoms with van der Waals surface area (Å²) in [4.78, 5) is 13.6. The Balaban J connectivity index is 1.44. The van der Waals surface area contributed by atoms with E-state index in [4.69, 9.17) is 0 Å². The Morgan fingerprint density at radius 1 is 1.00 bits per heavy atom. The summed E-state index contributed by atoms with van der Waals surface area (Å²) in [6.07, 6.45) is 2.09. The van der Waals surface area contributed by atoms with Gasteiger partial charge >= 0.3 is 0 Å². The molecule has 0 saturated heterocycles. The Morgan fingerprint density at radius 2 is 1.81 bits per heavy atom. The molecule has 128 valence electrons. The van der Waals surface area contributed by atoms with Gasteiger partial charge in [0, 0.05) is 17.7 Å². The Bertz CT molecular complexity index is 1080. The Labute approximate surface area is 156 Å². The molecule has 0 aliphatic heterocycles. The van der Waals surface area contributed by atoms with Crippen molar-refractivity contribution in [3.8, 4) is 11.3 Å². The number of nitrogens with zero attached hydrogens (tertiary/aromatic N) is 3. The number of fused-ring (bicyclic) bond motifs is 2. The first kappa shape index (κ1) is 15.5. The van der Waals surface area contributed by atoms with Crippen LogP contribution in [0.4, 0.5) is 5.82 Å². The monoisotopic (exact) mass is 358 g/mol. The number of rotatable bonds is 3. The zero-order valence-electron chi connectivity index (χ0n) is 14.4. The van der Waals surface area contributed by atoms with Gasteiger partial charge in [-0.15, -0.1) is 11.3 Å². The van der Waals surface area contributed by atoms with Gasteiger partial charge < -0.3 is 5.32 Å². The van der Waals surface area contributed by atoms with Crippen molar-refractivity contribution in [1.82, 2.24) is 15.0 Å². The van der Waals surface area contributed by atoms with Crippen LogP contribution in [0.2, 0.25) is 0 Å². The minimum atomic E-state index is 0.388. The normalized spacial score (nSPS) is 13.9. The summed E-state index contributed by atoms with van der Waals surface area (Å²) in [5.74, 6) is 1.68. The summed E-state index contributed by atoms with van der Waals surface area (Å²) in [5, 5.41) is 3.61. The number of aromatic nitrogens is 3. The molecule has 5 heteroatoms. The largest absolute Gasteiger partial charge is 0.367 e. The van der Waals surface area contributed by atoms with Crippen LogP contribution in [0.5, 0.6) is 0 Å². The summed E-state index contributed by atoms with van der Waals surface area (Å²) in [6, 6.07) is 17.4. The van der Waals surface area contributed by atoms with Crippen LogP contribution in [0, 0.1) is 6.92 Å². The summed E-state index contributed by atoms with van der Waals surface area (Å²) in [5.41, 5.74) is 7.84. The van der Waals surface area contributed by atoms with Gasteiger partial charge in [-0.1, -0.05) is 30.3 Å². The molecule has 4 nitrogen and oxygen atoms in total. The van der Waals surface area contributed by atoms with E-state index in [1.54, 1.807) is 11.3 Å². The highest BCUT2D eigenvalue weighted by Gasteiger charge is 2.21. The minimum Gasteiger partial charge on any atom is -0.367 e. The average Bonchev–Trinajstić information content (AvgIpc) is 3.26. The zero-order valence-corrected chi connectivity index (χ0v) is 15.3. The molecule has 0 bridgehead atoms. The molecular formula is C21H18N4S. The zero-order chi connectivity index (χ0) is 17.5. The maximum absolute atomic E-state index is 4.64. The number of aryl methyl sites for hydroxylation is 1. The first-order valence-electron chi connectivity index (χ1n) is 8.77. The highest BCUT2D eigenvalue weighted by atomic mass is 32.1. The topological polar surface area (TPSA) is 50.7 Å². The molecule has 0 unspecified atom stereocenters. The average molecular weight is 358 g/mol. The van der Waals surface area contributed by atoms with Crippen LogP contribution in [0.3, 0.4) is 0 Å². The fourth-order valence-corrected chi connectivity index (χ4v) is 4.39. The molecule has 0 fully saturated rings. The van der Waals surface area contributed by atoms with Crippen molar-refractivity contribution < 1.29 is 0 Å². The highest BCUT2D eigenvalue weighted by molar-refractivity contribution is 7.16. The van der Waals surface area contributed by atoms with E-state index in [2.05, 4.69) is 68.8 Å². The van der Waals surface area contributed by atoms with Gasteiger partial charge in [-0.25, -0.2) is 15.0 Å². The second-order valence-corrected chi connectivity index (χ2v) is 7.63. The molecule has 2 heterocycles. The van der Waals surface area contributed by atoms with Crippen molar-refractivity contribution in [1.29, 1.82) is 0 Å². The van der Waals surface area contributed by atoms with Gasteiger partial charge in [-0.3, -0.25) is 0 Å². The number of thiazole rings is 1. The Hall–Kier alpha value is -2.79. The molecule has 2 aromatic heterocycles. The third kappa shape index (κ3) is 2.84. The minimum absolute atomic E-state index is 0.388. The van der Waals surface area contributed by atoms with Crippen LogP contribution >= 0.6 is 11.3 Å². The van der Waals surface area contributed by atoms with Crippen molar-refractivity contribution >= 4 is 27.4 Å². The van der Waals surface area contributed by atoms with Crippen molar-refractivity contribution in [2.75, 3.05) is 5.32 Å². The second kappa shape index (κ2) is 6.18. The van der Waals surface area contributed by atoms with Crippen molar-refractivity contribution in [2.24, 2.45) is 0 Å². The maximum atomic E-state index is 4.64. The van der Waals surface area contributed by atoms with Crippen molar-refractivity contribution in [2.45, 2.75) is 25.8 Å². The first-order valence-corrected chi connectivity index (χ1v) is 9.65. The van der Waals surface area contributed by atoms with Crippen LogP contribution < -0.4 is 5.32 Å². The Morgan fingerprint density at radius 3 is 2.62 bits per heavy atom. The molecule has 0 spiro atoms. The van der Waals surface area contributed by atoms with E-state index in [1.165, 1.54) is 15.8 Å². The lowest BCUT2D eigenvalue weighted by Crippen LogP contribution is -2.20. The SMILES string of the molecule is Cc1nc(NC2Cc3ccccc3C2)cc(-c2ccc3ncsc3c2)n1. The summed E-state index contributed by atoms with van der Waals surface area (Å²) < 4.78 is 1.18. The number of nitrogens with one attached hydrogen (secondary N) is 1. The molecule has 1 aliphatic carbocycles. The molecule has 5 rings (SSSR count). The van der Waals surface area contributed by atoms with Gasteiger partial charge in [0.1, 0.15) is 11.6 Å². The van der Waals surface area contributed by atoms with Gasteiger partial charge in [0.05, 0.1) is 21.4 Å². The molecule has 26 heavy (non-hydrogen) atoms. The predicted octanol–water partition coefficient (Wildman–Crippen LogP) is 4.64. The lowest BCUT2D eigenvalue weighted by Gasteiger charge is -2.14. The predicted molar refractivity (Wildman–Crippen MR) is 107 cm³/mol. The first-order chi connectivity index (χ1) is 12.7. The molecule has 0 amide bonds. The third-order valence-corrected chi connectivity index (χ3v) is 5.66. The summed E-state index contributed by atoms with van der Waals surface area (Å²) in [7, 11) is 0. The van der Waals surface area contributed by atoms with E-state index >= 15 is 0 Å². The molecule has 0 saturated carbocycles. The lowest BCUT2D eigenvalue weighted by molar-refractivity contribution is 0.766. The number of anilines is 1. The fourth-order valence-electron chi connectivity index (χ4n) is 3.67. The van der Waals surface area contributed by atoms with Gasteiger partial charge in [0.15, 0.2) is 0 Å². The van der Waals surface area contributed by atoms with Crippen LogP contribution in [0.1, 0.15) is 17.0 Å². The van der Waals surface area contributed by atoms with E-state index in [1.807, 2.05) is 12.4 Å². The number of benzene rings is 2. The molecule has 0 atom stereocenters. The van der Waals surface area contributed by atoms with Gasteiger partial charge in [0.25, 0.3) is 0 Å². The van der Waals surface area contributed by atoms with E-state index in [-0.39, 0.29) is 0 Å². The van der Waals surface area contributed by atoms with Crippen molar-refractivity contribution in [3.05, 3.63) is 71.0 Å². The molecule has 1 aliphatic rings. The lowest BCUT2D eigenvalue weighted by atomic mass is 10.1. The second-order valence-electron chi connectivity index (χ2n) is 6.74. The molecular weight excluding hydrogens is 340 g/mol. The van der Waals surface area contributed by atoms with Crippen LogP contribution in [-0.4, -0.2) is 21.0 Å². The molecule has 0 radical (unpaired) electrons. The smallest absolute Gasteiger partial charge is 0.130 e. The van der Waals surface area contributed by atoms with Crippen LogP contribution in [-0.2, 0) is 12.8 Å². The van der Waals surface area contributed by atoms with Crippen molar-refractivity contribution in [3.63, 3.8) is 0 Å². The molecule has 2 aromatic carbocycles. The third-order valence-electron chi connectivity index (χ3n) is 4.87. The van der Waals surface area contributed by atoms with E-state index < -0.39 is 0 Å². The van der Waals surface area contributed by atoms with Gasteiger partial charge in [-0.05, 0) is 43.0 Å². The number of hydrogen-bond acceptors (Lipinski definition) is 5. The van der Waals surface area contributed by atoms with Gasteiger partial charge in [0.2, 0.25) is 0 Å². The molecule has 1 N–H and O–H groups in total. The highest BCUT2D eigenvalue weighted by Crippen LogP contribution is 2.28. The maximum Gasteiger partial charge on any atom is 0.130 e. The van der Waals surface area contributed by atoms with Crippen LogP contribution in [0.15, 0.2) is 54.0 Å². The molecule has 4 aromatic rings. The van der Waals surface area contributed by atoms with E-state index in [9.17, 15) is 0 Å². The summed E-state index contributed by atoms with van der Waals surface area (Å²) in [6.45, 7) is 1.95. The quantitative estimate of drug-likeness (QED) is 0.580. The standard InChI is InChI=1S/C21H18N4S/c1-13-23-19(16-6-7-18-20(10-16)26-12-22-18)11-21(24-13)25-17-8-14-4-2-3-5-15(14)9-17/h2-7,10-12,17H,8-9H2,1H3,(H,23,24,25). The Kier molecular flexibility index (Phi) is 3.68. The summed E-state index contributed by atoms with van der Waals surface area (Å²) >= 11 is 1.65. The van der Waals surface area contributed by atoms with Crippen LogP contribution in [0.25, 0.3) is 21.5 Å².